The molecule has 34 heavy (non-hydrogen) atoms. The first-order valence-electron chi connectivity index (χ1n) is 15.0. The molecule has 0 aliphatic rings. The number of hydrogen-bond donors (Lipinski definition) is 0. The van der Waals surface area contributed by atoms with E-state index >= 15 is 0 Å². The topological polar surface area (TPSA) is 26.3 Å². The van der Waals surface area contributed by atoms with Crippen molar-refractivity contribution in [1.82, 2.24) is 0 Å². The van der Waals surface area contributed by atoms with Gasteiger partial charge in [-0.3, -0.25) is 4.39 Å². The second-order valence-corrected chi connectivity index (χ2v) is 10.5. The molecule has 0 bridgehead atoms. The average Bonchev–Trinajstić information content (AvgIpc) is 2.82. The van der Waals surface area contributed by atoms with Gasteiger partial charge in [-0.05, 0) is 39.0 Å². The molecule has 202 valence electrons. The maximum absolute atomic E-state index is 12.1. The number of halogens is 1. The molecular formula is C31H59FO2. The number of hydrogen-bond acceptors (Lipinski definition) is 2. The van der Waals surface area contributed by atoms with Gasteiger partial charge in [0.05, 0.1) is 6.67 Å². The molecule has 0 saturated heterocycles. The standard InChI is InChI=1S/C31H59FO2/c1-4-5-6-7-8-9-10-11-12-13-14-15-17-20-23-26-30(34-31(33)29(2)3)27-24-21-18-16-19-22-25-28-32/h30H,2,4-28H2,1,3H3. The van der Waals surface area contributed by atoms with Gasteiger partial charge in [-0.25, -0.2) is 4.79 Å². The summed E-state index contributed by atoms with van der Waals surface area (Å²) in [5, 5.41) is 0. The Morgan fingerprint density at radius 2 is 0.941 bits per heavy atom. The van der Waals surface area contributed by atoms with Crippen molar-refractivity contribution in [3.8, 4) is 0 Å². The lowest BCUT2D eigenvalue weighted by molar-refractivity contribution is -0.145. The van der Waals surface area contributed by atoms with E-state index in [4.69, 9.17) is 4.74 Å². The molecule has 0 saturated carbocycles. The van der Waals surface area contributed by atoms with Crippen molar-refractivity contribution in [2.24, 2.45) is 0 Å². The fourth-order valence-corrected chi connectivity index (χ4v) is 4.61. The second kappa shape index (κ2) is 26.7. The largest absolute Gasteiger partial charge is 0.459 e. The summed E-state index contributed by atoms with van der Waals surface area (Å²) in [5.41, 5.74) is 0.495. The van der Waals surface area contributed by atoms with Crippen molar-refractivity contribution >= 4 is 5.97 Å². The van der Waals surface area contributed by atoms with Crippen LogP contribution in [0.15, 0.2) is 12.2 Å². The van der Waals surface area contributed by atoms with Crippen LogP contribution in [-0.2, 0) is 9.53 Å². The molecule has 0 aromatic carbocycles. The molecule has 0 radical (unpaired) electrons. The van der Waals surface area contributed by atoms with E-state index in [2.05, 4.69) is 13.5 Å². The zero-order valence-electron chi connectivity index (χ0n) is 23.2. The van der Waals surface area contributed by atoms with E-state index in [1.165, 1.54) is 109 Å². The number of unbranched alkanes of at least 4 members (excludes halogenated alkanes) is 20. The lowest BCUT2D eigenvalue weighted by Crippen LogP contribution is -2.18. The van der Waals surface area contributed by atoms with Gasteiger partial charge in [0, 0.05) is 5.57 Å². The minimum absolute atomic E-state index is 0.0395. The van der Waals surface area contributed by atoms with Crippen LogP contribution in [-0.4, -0.2) is 18.7 Å². The van der Waals surface area contributed by atoms with Gasteiger partial charge in [-0.2, -0.15) is 0 Å². The van der Waals surface area contributed by atoms with Crippen LogP contribution >= 0.6 is 0 Å². The van der Waals surface area contributed by atoms with E-state index < -0.39 is 0 Å². The summed E-state index contributed by atoms with van der Waals surface area (Å²) in [7, 11) is 0. The predicted octanol–water partition coefficient (Wildman–Crippen LogP) is 10.8. The van der Waals surface area contributed by atoms with Gasteiger partial charge in [-0.1, -0.05) is 135 Å². The zero-order chi connectivity index (χ0) is 25.1. The van der Waals surface area contributed by atoms with Gasteiger partial charge in [0.25, 0.3) is 0 Å². The summed E-state index contributed by atoms with van der Waals surface area (Å²) in [6.45, 7) is 7.55. The van der Waals surface area contributed by atoms with Crippen LogP contribution in [0, 0.1) is 0 Å². The highest BCUT2D eigenvalue weighted by Crippen LogP contribution is 2.18. The quantitative estimate of drug-likeness (QED) is 0.0661. The molecule has 0 aromatic rings. The van der Waals surface area contributed by atoms with E-state index in [1.54, 1.807) is 6.92 Å². The molecule has 0 rings (SSSR count). The molecule has 0 amide bonds. The summed E-state index contributed by atoms with van der Waals surface area (Å²) in [5.74, 6) is -0.239. The highest BCUT2D eigenvalue weighted by Gasteiger charge is 2.14. The number of esters is 1. The summed E-state index contributed by atoms with van der Waals surface area (Å²) >= 11 is 0. The van der Waals surface area contributed by atoms with Gasteiger partial charge >= 0.3 is 5.97 Å². The smallest absolute Gasteiger partial charge is 0.333 e. The lowest BCUT2D eigenvalue weighted by Gasteiger charge is -2.18. The third-order valence-corrected chi connectivity index (χ3v) is 6.91. The third-order valence-electron chi connectivity index (χ3n) is 6.91. The van der Waals surface area contributed by atoms with Crippen LogP contribution in [0.4, 0.5) is 4.39 Å². The maximum Gasteiger partial charge on any atom is 0.333 e. The average molecular weight is 483 g/mol. The normalized spacial score (nSPS) is 12.1. The molecule has 2 nitrogen and oxygen atoms in total. The van der Waals surface area contributed by atoms with Crippen LogP contribution in [0.25, 0.3) is 0 Å². The fraction of sp³-hybridized carbons (Fsp3) is 0.903. The molecule has 0 fully saturated rings. The maximum atomic E-state index is 12.1. The molecule has 0 aliphatic heterocycles. The Hall–Kier alpha value is -0.860. The summed E-state index contributed by atoms with van der Waals surface area (Å²) < 4.78 is 17.8. The molecule has 3 heteroatoms. The Balaban J connectivity index is 3.70. The van der Waals surface area contributed by atoms with Crippen LogP contribution in [0.2, 0.25) is 0 Å². The minimum Gasteiger partial charge on any atom is -0.459 e. The minimum atomic E-state index is -0.239. The molecule has 0 aromatic heterocycles. The molecule has 0 heterocycles. The molecule has 0 N–H and O–H groups in total. The van der Waals surface area contributed by atoms with Gasteiger partial charge in [0.15, 0.2) is 0 Å². The number of rotatable bonds is 27. The first-order chi connectivity index (χ1) is 16.6. The van der Waals surface area contributed by atoms with Crippen molar-refractivity contribution in [2.75, 3.05) is 6.67 Å². The Morgan fingerprint density at radius 3 is 1.26 bits per heavy atom. The molecule has 0 aliphatic carbocycles. The van der Waals surface area contributed by atoms with E-state index in [1.807, 2.05) is 0 Å². The van der Waals surface area contributed by atoms with E-state index in [0.29, 0.717) is 12.0 Å². The van der Waals surface area contributed by atoms with Crippen LogP contribution < -0.4 is 0 Å². The number of alkyl halides is 1. The van der Waals surface area contributed by atoms with Gasteiger partial charge in [0.2, 0.25) is 0 Å². The predicted molar refractivity (Wildman–Crippen MR) is 147 cm³/mol. The summed E-state index contributed by atoms with van der Waals surface area (Å²) in [6.07, 6.45) is 30.0. The van der Waals surface area contributed by atoms with E-state index in [-0.39, 0.29) is 18.7 Å². The molecule has 1 atom stereocenters. The van der Waals surface area contributed by atoms with Crippen molar-refractivity contribution in [3.05, 3.63) is 12.2 Å². The molecule has 0 spiro atoms. The van der Waals surface area contributed by atoms with Crippen molar-refractivity contribution in [2.45, 2.75) is 174 Å². The summed E-state index contributed by atoms with van der Waals surface area (Å²) in [6, 6.07) is 0. The van der Waals surface area contributed by atoms with Crippen molar-refractivity contribution < 1.29 is 13.9 Å². The van der Waals surface area contributed by atoms with Crippen LogP contribution in [0.5, 0.6) is 0 Å². The third kappa shape index (κ3) is 24.3. The van der Waals surface area contributed by atoms with Crippen molar-refractivity contribution in [3.63, 3.8) is 0 Å². The SMILES string of the molecule is C=C(C)C(=O)OC(CCCCCCCCCF)CCCCCCCCCCCCCCCCC. The Morgan fingerprint density at radius 1 is 0.618 bits per heavy atom. The van der Waals surface area contributed by atoms with Gasteiger partial charge in [-0.15, -0.1) is 0 Å². The fourth-order valence-electron chi connectivity index (χ4n) is 4.61. The van der Waals surface area contributed by atoms with Crippen LogP contribution in [0.1, 0.15) is 168 Å². The monoisotopic (exact) mass is 482 g/mol. The number of carbonyl (C=O) groups excluding carboxylic acids is 1. The molecular weight excluding hydrogens is 423 g/mol. The van der Waals surface area contributed by atoms with Crippen molar-refractivity contribution in [1.29, 1.82) is 0 Å². The Bertz CT molecular complexity index is 449. The van der Waals surface area contributed by atoms with Gasteiger partial charge in [0.1, 0.15) is 6.10 Å². The second-order valence-electron chi connectivity index (χ2n) is 10.5. The first kappa shape index (κ1) is 33.1. The number of carbonyl (C=O) groups is 1. The Kier molecular flexibility index (Phi) is 26.1. The van der Waals surface area contributed by atoms with E-state index in [9.17, 15) is 9.18 Å². The first-order valence-corrected chi connectivity index (χ1v) is 15.0. The summed E-state index contributed by atoms with van der Waals surface area (Å²) in [4.78, 5) is 12.0. The number of ether oxygens (including phenoxy) is 1. The zero-order valence-corrected chi connectivity index (χ0v) is 23.2. The Labute approximate surface area is 212 Å². The van der Waals surface area contributed by atoms with Crippen LogP contribution in [0.3, 0.4) is 0 Å². The van der Waals surface area contributed by atoms with Gasteiger partial charge < -0.3 is 4.74 Å². The molecule has 1 unspecified atom stereocenters. The highest BCUT2D eigenvalue weighted by molar-refractivity contribution is 5.87. The lowest BCUT2D eigenvalue weighted by atomic mass is 10.0. The van der Waals surface area contributed by atoms with E-state index in [0.717, 1.165) is 38.5 Å². The highest BCUT2D eigenvalue weighted by atomic mass is 19.1.